The molecule has 0 aromatic heterocycles. The summed E-state index contributed by atoms with van der Waals surface area (Å²) >= 11 is 1.76. The van der Waals surface area contributed by atoms with Crippen LogP contribution in [0.1, 0.15) is 30.0 Å². The Kier molecular flexibility index (Phi) is 7.50. The lowest BCUT2D eigenvalue weighted by atomic mass is 9.77. The van der Waals surface area contributed by atoms with Crippen molar-refractivity contribution >= 4 is 17.7 Å². The van der Waals surface area contributed by atoms with Crippen LogP contribution in [0.3, 0.4) is 0 Å². The molecule has 0 aliphatic heterocycles. The van der Waals surface area contributed by atoms with Gasteiger partial charge in [-0.15, -0.1) is 0 Å². The Balaban J connectivity index is 2.04. The van der Waals surface area contributed by atoms with Gasteiger partial charge in [-0.05, 0) is 35.1 Å². The van der Waals surface area contributed by atoms with E-state index in [9.17, 15) is 4.79 Å². The van der Waals surface area contributed by atoms with Crippen LogP contribution in [-0.4, -0.2) is 17.9 Å². The Morgan fingerprint density at radius 2 is 1.24 bits per heavy atom. The molecule has 0 heterocycles. The largest absolute Gasteiger partial charge is 0.290 e. The zero-order valence-corrected chi connectivity index (χ0v) is 17.8. The number of carbonyl (C=O) groups is 1. The van der Waals surface area contributed by atoms with Crippen LogP contribution in [0.2, 0.25) is 0 Å². The molecule has 0 saturated carbocycles. The van der Waals surface area contributed by atoms with Gasteiger partial charge in [-0.3, -0.25) is 10.2 Å². The van der Waals surface area contributed by atoms with Crippen molar-refractivity contribution < 1.29 is 4.79 Å². The Morgan fingerprint density at radius 1 is 0.828 bits per heavy atom. The number of hydrogen-bond donors (Lipinski definition) is 2. The summed E-state index contributed by atoms with van der Waals surface area (Å²) in [6, 6.07) is 30.8. The highest BCUT2D eigenvalue weighted by atomic mass is 32.2. The second-order valence-electron chi connectivity index (χ2n) is 7.14. The molecule has 150 valence electrons. The van der Waals surface area contributed by atoms with E-state index in [2.05, 4.69) is 53.5 Å². The van der Waals surface area contributed by atoms with Crippen molar-refractivity contribution in [2.24, 2.45) is 5.92 Å². The zero-order chi connectivity index (χ0) is 20.5. The molecule has 0 aliphatic rings. The van der Waals surface area contributed by atoms with E-state index in [4.69, 9.17) is 0 Å². The highest BCUT2D eigenvalue weighted by Gasteiger charge is 2.36. The SMILES string of the molecule is CSCC[C@H](C)C(=O)NNC(c1ccccc1)(c1ccccc1)c1ccccc1. The fraction of sp³-hybridized carbons (Fsp3) is 0.240. The van der Waals surface area contributed by atoms with Crippen molar-refractivity contribution in [3.05, 3.63) is 108 Å². The molecule has 2 N–H and O–H groups in total. The second kappa shape index (κ2) is 10.3. The number of hydrazine groups is 1. The van der Waals surface area contributed by atoms with E-state index >= 15 is 0 Å². The highest BCUT2D eigenvalue weighted by molar-refractivity contribution is 7.98. The standard InChI is InChI=1S/C25H28N2OS/c1-20(18-19-29-2)24(28)26-27-25(21-12-6-3-7-13-21,22-14-8-4-9-15-22)23-16-10-5-11-17-23/h3-17,20,27H,18-19H2,1-2H3,(H,26,28)/t20-/m0/s1. The summed E-state index contributed by atoms with van der Waals surface area (Å²) in [5.41, 5.74) is 8.96. The van der Waals surface area contributed by atoms with Crippen molar-refractivity contribution in [2.45, 2.75) is 18.9 Å². The number of hydrogen-bond acceptors (Lipinski definition) is 3. The van der Waals surface area contributed by atoms with E-state index in [1.165, 1.54) is 0 Å². The van der Waals surface area contributed by atoms with Crippen LogP contribution >= 0.6 is 11.8 Å². The maximum Gasteiger partial charge on any atom is 0.236 e. The molecule has 3 nitrogen and oxygen atoms in total. The summed E-state index contributed by atoms with van der Waals surface area (Å²) < 4.78 is 0. The van der Waals surface area contributed by atoms with Crippen molar-refractivity contribution in [3.8, 4) is 0 Å². The minimum Gasteiger partial charge on any atom is -0.290 e. The number of amides is 1. The molecule has 3 aromatic carbocycles. The van der Waals surface area contributed by atoms with E-state index in [0.29, 0.717) is 0 Å². The summed E-state index contributed by atoms with van der Waals surface area (Å²) in [5.74, 6) is 0.914. The Morgan fingerprint density at radius 3 is 1.62 bits per heavy atom. The van der Waals surface area contributed by atoms with E-state index < -0.39 is 5.54 Å². The first kappa shape index (κ1) is 21.2. The molecule has 3 rings (SSSR count). The van der Waals surface area contributed by atoms with Crippen molar-refractivity contribution in [3.63, 3.8) is 0 Å². The van der Waals surface area contributed by atoms with Crippen LogP contribution in [0, 0.1) is 5.92 Å². The molecule has 29 heavy (non-hydrogen) atoms. The summed E-state index contributed by atoms with van der Waals surface area (Å²) in [4.78, 5) is 12.8. The summed E-state index contributed by atoms with van der Waals surface area (Å²) in [7, 11) is 0. The number of thioether (sulfide) groups is 1. The first-order chi connectivity index (χ1) is 14.2. The van der Waals surface area contributed by atoms with Gasteiger partial charge in [-0.1, -0.05) is 97.9 Å². The summed E-state index contributed by atoms with van der Waals surface area (Å²) in [5, 5.41) is 0. The maximum absolute atomic E-state index is 12.8. The second-order valence-corrected chi connectivity index (χ2v) is 8.13. The molecule has 1 atom stereocenters. The summed E-state index contributed by atoms with van der Waals surface area (Å²) in [6.07, 6.45) is 2.91. The first-order valence-electron chi connectivity index (χ1n) is 9.91. The maximum atomic E-state index is 12.8. The fourth-order valence-corrected chi connectivity index (χ4v) is 4.07. The Bertz CT molecular complexity index is 788. The zero-order valence-electron chi connectivity index (χ0n) is 17.0. The summed E-state index contributed by atoms with van der Waals surface area (Å²) in [6.45, 7) is 1.97. The third-order valence-electron chi connectivity index (χ3n) is 5.20. The van der Waals surface area contributed by atoms with Gasteiger partial charge in [0, 0.05) is 5.92 Å². The highest BCUT2D eigenvalue weighted by Crippen LogP contribution is 2.36. The third kappa shape index (κ3) is 4.89. The van der Waals surface area contributed by atoms with Crippen molar-refractivity contribution in [1.29, 1.82) is 0 Å². The average Bonchev–Trinajstić information content (AvgIpc) is 2.80. The van der Waals surface area contributed by atoms with Gasteiger partial charge >= 0.3 is 0 Å². The topological polar surface area (TPSA) is 41.1 Å². The van der Waals surface area contributed by atoms with Crippen molar-refractivity contribution in [1.82, 2.24) is 10.9 Å². The quantitative estimate of drug-likeness (QED) is 0.390. The molecule has 3 aromatic rings. The molecular formula is C25H28N2OS. The van der Waals surface area contributed by atoms with Crippen molar-refractivity contribution in [2.75, 3.05) is 12.0 Å². The van der Waals surface area contributed by atoms with Gasteiger partial charge in [-0.2, -0.15) is 11.8 Å². The molecule has 0 bridgehead atoms. The molecule has 0 radical (unpaired) electrons. The molecule has 0 spiro atoms. The van der Waals surface area contributed by atoms with Gasteiger partial charge in [0.2, 0.25) is 5.91 Å². The van der Waals surface area contributed by atoms with Crippen LogP contribution in [0.5, 0.6) is 0 Å². The van der Waals surface area contributed by atoms with E-state index in [1.54, 1.807) is 11.8 Å². The Hall–Kier alpha value is -2.56. The van der Waals surface area contributed by atoms with Crippen LogP contribution < -0.4 is 10.9 Å². The number of rotatable bonds is 9. The molecule has 0 unspecified atom stereocenters. The van der Waals surface area contributed by atoms with Gasteiger partial charge in [0.25, 0.3) is 0 Å². The third-order valence-corrected chi connectivity index (χ3v) is 5.84. The molecule has 4 heteroatoms. The van der Waals surface area contributed by atoms with Gasteiger partial charge < -0.3 is 0 Å². The molecule has 0 fully saturated rings. The minimum atomic E-state index is -0.696. The average molecular weight is 405 g/mol. The minimum absolute atomic E-state index is 0.00576. The van der Waals surface area contributed by atoms with E-state index in [-0.39, 0.29) is 11.8 Å². The fourth-order valence-electron chi connectivity index (χ4n) is 3.49. The van der Waals surface area contributed by atoms with E-state index in [0.717, 1.165) is 28.9 Å². The van der Waals surface area contributed by atoms with Crippen LogP contribution in [0.15, 0.2) is 91.0 Å². The normalized spacial score (nSPS) is 12.3. The molecule has 1 amide bonds. The smallest absolute Gasteiger partial charge is 0.236 e. The van der Waals surface area contributed by atoms with Crippen LogP contribution in [0.4, 0.5) is 0 Å². The number of carbonyl (C=O) groups excluding carboxylic acids is 1. The van der Waals surface area contributed by atoms with Gasteiger partial charge in [0.05, 0.1) is 0 Å². The predicted octanol–water partition coefficient (Wildman–Crippen LogP) is 4.99. The molecule has 0 saturated heterocycles. The van der Waals surface area contributed by atoms with Crippen LogP contribution in [-0.2, 0) is 10.3 Å². The first-order valence-corrected chi connectivity index (χ1v) is 11.3. The van der Waals surface area contributed by atoms with E-state index in [1.807, 2.05) is 61.5 Å². The molecule has 0 aliphatic carbocycles. The Labute approximate surface area is 177 Å². The van der Waals surface area contributed by atoms with Gasteiger partial charge in [-0.25, -0.2) is 5.43 Å². The predicted molar refractivity (Wildman–Crippen MR) is 123 cm³/mol. The number of benzene rings is 3. The lowest BCUT2D eigenvalue weighted by Crippen LogP contribution is -2.54. The molecular weight excluding hydrogens is 376 g/mol. The van der Waals surface area contributed by atoms with Gasteiger partial charge in [0.15, 0.2) is 0 Å². The lowest BCUT2D eigenvalue weighted by Gasteiger charge is -2.37. The lowest BCUT2D eigenvalue weighted by molar-refractivity contribution is -0.126. The van der Waals surface area contributed by atoms with Gasteiger partial charge in [0.1, 0.15) is 5.54 Å². The van der Waals surface area contributed by atoms with Crippen LogP contribution in [0.25, 0.3) is 0 Å². The number of nitrogens with one attached hydrogen (secondary N) is 2. The monoisotopic (exact) mass is 404 g/mol.